The van der Waals surface area contributed by atoms with Crippen LogP contribution in [-0.2, 0) is 4.79 Å². The van der Waals surface area contributed by atoms with E-state index in [0.29, 0.717) is 17.4 Å². The molecule has 1 fully saturated rings. The first-order valence-electron chi connectivity index (χ1n) is 7.44. The molecule has 114 valence electrons. The van der Waals surface area contributed by atoms with Gasteiger partial charge in [-0.1, -0.05) is 69.6 Å². The molecular formula is C18H23ClO2. The zero-order valence-corrected chi connectivity index (χ0v) is 13.8. The van der Waals surface area contributed by atoms with Gasteiger partial charge < -0.3 is 5.11 Å². The summed E-state index contributed by atoms with van der Waals surface area (Å²) in [7, 11) is 0. The molecule has 2 rings (SSSR count). The van der Waals surface area contributed by atoms with Gasteiger partial charge in [0.25, 0.3) is 0 Å². The van der Waals surface area contributed by atoms with Crippen molar-refractivity contribution in [3.63, 3.8) is 0 Å². The summed E-state index contributed by atoms with van der Waals surface area (Å²) in [5.74, 6) is -0.256. The summed E-state index contributed by atoms with van der Waals surface area (Å²) >= 11 is 6.41. The van der Waals surface area contributed by atoms with Gasteiger partial charge in [-0.3, -0.25) is 4.79 Å². The van der Waals surface area contributed by atoms with Crippen molar-refractivity contribution in [2.75, 3.05) is 0 Å². The molecule has 1 aliphatic carbocycles. The lowest BCUT2D eigenvalue weighted by atomic mass is 9.54. The predicted octanol–water partition coefficient (Wildman–Crippen LogP) is 5.14. The van der Waals surface area contributed by atoms with Crippen LogP contribution in [0.1, 0.15) is 51.2 Å². The van der Waals surface area contributed by atoms with Gasteiger partial charge in [0.15, 0.2) is 0 Å². The molecule has 1 aliphatic rings. The largest absolute Gasteiger partial charge is 0.481 e. The van der Waals surface area contributed by atoms with Crippen LogP contribution in [0.15, 0.2) is 30.3 Å². The first-order valence-corrected chi connectivity index (χ1v) is 7.81. The third kappa shape index (κ3) is 3.16. The zero-order valence-electron chi connectivity index (χ0n) is 13.1. The highest BCUT2D eigenvalue weighted by molar-refractivity contribution is 6.48. The summed E-state index contributed by atoms with van der Waals surface area (Å²) < 4.78 is 0. The van der Waals surface area contributed by atoms with Crippen LogP contribution in [0, 0.1) is 17.3 Å². The van der Waals surface area contributed by atoms with Crippen molar-refractivity contribution >= 4 is 22.6 Å². The van der Waals surface area contributed by atoms with Gasteiger partial charge in [0.2, 0.25) is 0 Å². The van der Waals surface area contributed by atoms with E-state index in [2.05, 4.69) is 26.0 Å². The molecule has 1 saturated carbocycles. The van der Waals surface area contributed by atoms with Gasteiger partial charge in [0.1, 0.15) is 0 Å². The van der Waals surface area contributed by atoms with E-state index in [1.165, 1.54) is 5.56 Å². The number of allylic oxidation sites excluding steroid dienone is 1. The monoisotopic (exact) mass is 306 g/mol. The SMILES string of the molecule is CC(C)c1ccc(C(Cl)=CC2CC(C(=O)O)C2(C)C)cc1. The number of halogens is 1. The molecule has 0 aromatic heterocycles. The Morgan fingerprint density at radius 2 is 1.90 bits per heavy atom. The highest BCUT2D eigenvalue weighted by Gasteiger charge is 2.50. The van der Waals surface area contributed by atoms with Crippen molar-refractivity contribution in [2.45, 2.75) is 40.0 Å². The molecule has 2 unspecified atom stereocenters. The molecule has 0 aliphatic heterocycles. The minimum Gasteiger partial charge on any atom is -0.481 e. The molecule has 0 radical (unpaired) electrons. The number of carbonyl (C=O) groups is 1. The molecule has 0 amide bonds. The van der Waals surface area contributed by atoms with Crippen LogP contribution in [-0.4, -0.2) is 11.1 Å². The van der Waals surface area contributed by atoms with Gasteiger partial charge >= 0.3 is 5.97 Å². The first kappa shape index (κ1) is 16.1. The van der Waals surface area contributed by atoms with Crippen molar-refractivity contribution in [3.05, 3.63) is 41.5 Å². The Bertz CT molecular complexity index is 555. The maximum atomic E-state index is 11.1. The van der Waals surface area contributed by atoms with E-state index in [0.717, 1.165) is 5.56 Å². The number of carboxylic acids is 1. The quantitative estimate of drug-likeness (QED) is 0.836. The molecule has 3 heteroatoms. The number of hydrogen-bond donors (Lipinski definition) is 1. The Morgan fingerprint density at radius 3 is 2.33 bits per heavy atom. The number of carboxylic acid groups (broad SMARTS) is 1. The second kappa shape index (κ2) is 5.84. The molecular weight excluding hydrogens is 284 g/mol. The summed E-state index contributed by atoms with van der Waals surface area (Å²) in [4.78, 5) is 11.1. The van der Waals surface area contributed by atoms with E-state index >= 15 is 0 Å². The topological polar surface area (TPSA) is 37.3 Å². The molecule has 1 aromatic carbocycles. The molecule has 0 spiro atoms. The fourth-order valence-electron chi connectivity index (χ4n) is 2.96. The van der Waals surface area contributed by atoms with Crippen LogP contribution in [0.2, 0.25) is 0 Å². The van der Waals surface area contributed by atoms with Crippen LogP contribution in [0.5, 0.6) is 0 Å². The Balaban J connectivity index is 2.13. The summed E-state index contributed by atoms with van der Waals surface area (Å²) in [6.07, 6.45) is 2.69. The first-order chi connectivity index (χ1) is 9.73. The van der Waals surface area contributed by atoms with E-state index in [1.807, 2.05) is 32.1 Å². The Labute approximate surface area is 131 Å². The fraction of sp³-hybridized carbons (Fsp3) is 0.500. The average Bonchev–Trinajstić information content (AvgIpc) is 2.42. The van der Waals surface area contributed by atoms with Gasteiger partial charge in [0.05, 0.1) is 5.92 Å². The third-order valence-corrected chi connectivity index (χ3v) is 5.19. The lowest BCUT2D eigenvalue weighted by Crippen LogP contribution is -2.47. The van der Waals surface area contributed by atoms with Crippen molar-refractivity contribution in [2.24, 2.45) is 17.3 Å². The summed E-state index contributed by atoms with van der Waals surface area (Å²) in [5, 5.41) is 9.88. The predicted molar refractivity (Wildman–Crippen MR) is 87.4 cm³/mol. The molecule has 2 nitrogen and oxygen atoms in total. The highest BCUT2D eigenvalue weighted by atomic mass is 35.5. The molecule has 21 heavy (non-hydrogen) atoms. The number of aliphatic carboxylic acids is 1. The summed E-state index contributed by atoms with van der Waals surface area (Å²) in [5.41, 5.74) is 2.05. The zero-order chi connectivity index (χ0) is 15.8. The maximum Gasteiger partial charge on any atom is 0.307 e. The average molecular weight is 307 g/mol. The lowest BCUT2D eigenvalue weighted by molar-refractivity contribution is -0.156. The van der Waals surface area contributed by atoms with E-state index < -0.39 is 5.97 Å². The molecule has 0 heterocycles. The fourth-order valence-corrected chi connectivity index (χ4v) is 3.24. The number of hydrogen-bond acceptors (Lipinski definition) is 1. The molecule has 1 N–H and O–H groups in total. The maximum absolute atomic E-state index is 11.1. The van der Waals surface area contributed by atoms with Crippen molar-refractivity contribution in [1.29, 1.82) is 0 Å². The smallest absolute Gasteiger partial charge is 0.307 e. The molecule has 2 atom stereocenters. The van der Waals surface area contributed by atoms with Crippen LogP contribution in [0.4, 0.5) is 0 Å². The van der Waals surface area contributed by atoms with E-state index in [9.17, 15) is 4.79 Å². The van der Waals surface area contributed by atoms with Crippen LogP contribution >= 0.6 is 11.6 Å². The third-order valence-electron chi connectivity index (χ3n) is 4.84. The number of benzene rings is 1. The summed E-state index contributed by atoms with van der Waals surface area (Å²) in [6.45, 7) is 8.33. The summed E-state index contributed by atoms with van der Waals surface area (Å²) in [6, 6.07) is 8.27. The van der Waals surface area contributed by atoms with Gasteiger partial charge in [0, 0.05) is 5.03 Å². The minimum atomic E-state index is -0.706. The minimum absolute atomic E-state index is 0.218. The molecule has 1 aromatic rings. The Morgan fingerprint density at radius 1 is 1.33 bits per heavy atom. The highest BCUT2D eigenvalue weighted by Crippen LogP contribution is 2.53. The number of rotatable bonds is 4. The van der Waals surface area contributed by atoms with Gasteiger partial charge in [-0.15, -0.1) is 0 Å². The normalized spacial score (nSPS) is 24.8. The van der Waals surface area contributed by atoms with Crippen LogP contribution < -0.4 is 0 Å². The van der Waals surface area contributed by atoms with Crippen molar-refractivity contribution in [3.8, 4) is 0 Å². The van der Waals surface area contributed by atoms with Crippen molar-refractivity contribution in [1.82, 2.24) is 0 Å². The van der Waals surface area contributed by atoms with Crippen LogP contribution in [0.25, 0.3) is 5.03 Å². The lowest BCUT2D eigenvalue weighted by Gasteiger charge is -2.48. The second-order valence-corrected chi connectivity index (χ2v) is 7.25. The van der Waals surface area contributed by atoms with Crippen molar-refractivity contribution < 1.29 is 9.90 Å². The molecule has 0 bridgehead atoms. The second-order valence-electron chi connectivity index (χ2n) is 6.85. The van der Waals surface area contributed by atoms with E-state index in [4.69, 9.17) is 16.7 Å². The van der Waals surface area contributed by atoms with Gasteiger partial charge in [-0.05, 0) is 34.8 Å². The Kier molecular flexibility index (Phi) is 4.48. The van der Waals surface area contributed by atoms with Crippen LogP contribution in [0.3, 0.4) is 0 Å². The van der Waals surface area contributed by atoms with E-state index in [-0.39, 0.29) is 17.3 Å². The Hall–Kier alpha value is -1.28. The van der Waals surface area contributed by atoms with E-state index in [1.54, 1.807) is 0 Å². The standard InChI is InChI=1S/C18H23ClO2/c1-11(2)12-5-7-13(8-6-12)16(19)10-14-9-15(17(20)21)18(14,3)4/h5-8,10-11,14-15H,9H2,1-4H3,(H,20,21). The molecule has 0 saturated heterocycles. The van der Waals surface area contributed by atoms with Gasteiger partial charge in [-0.2, -0.15) is 0 Å². The van der Waals surface area contributed by atoms with Gasteiger partial charge in [-0.25, -0.2) is 0 Å².